The van der Waals surface area contributed by atoms with Gasteiger partial charge in [0.05, 0.1) is 0 Å². The second kappa shape index (κ2) is 4.40. The molecular formula is C10H20O3. The Labute approximate surface area is 79.4 Å². The Balaban J connectivity index is 2.48. The molecule has 13 heavy (non-hydrogen) atoms. The molecule has 0 spiro atoms. The van der Waals surface area contributed by atoms with Crippen molar-refractivity contribution in [2.45, 2.75) is 51.4 Å². The van der Waals surface area contributed by atoms with Gasteiger partial charge in [-0.2, -0.15) is 0 Å². The number of rotatable bonds is 2. The van der Waals surface area contributed by atoms with Crippen molar-refractivity contribution in [2.75, 3.05) is 0 Å². The minimum Gasteiger partial charge on any atom is -0.343 e. The van der Waals surface area contributed by atoms with Crippen molar-refractivity contribution in [1.29, 1.82) is 0 Å². The zero-order valence-corrected chi connectivity index (χ0v) is 8.24. The second-order valence-corrected chi connectivity index (χ2v) is 4.23. The van der Waals surface area contributed by atoms with Gasteiger partial charge in [-0.1, -0.05) is 32.6 Å². The number of aliphatic hydroxyl groups is 3. The lowest BCUT2D eigenvalue weighted by Gasteiger charge is -2.29. The first-order valence-corrected chi connectivity index (χ1v) is 5.19. The van der Waals surface area contributed by atoms with E-state index in [-0.39, 0.29) is 5.92 Å². The van der Waals surface area contributed by atoms with E-state index in [1.807, 2.05) is 0 Å². The first-order chi connectivity index (χ1) is 6.02. The molecule has 3 heteroatoms. The maximum Gasteiger partial charge on any atom is 0.278 e. The van der Waals surface area contributed by atoms with Crippen molar-refractivity contribution >= 4 is 0 Å². The molecule has 0 radical (unpaired) electrons. The van der Waals surface area contributed by atoms with Crippen molar-refractivity contribution in [3.8, 4) is 0 Å². The molecule has 78 valence electrons. The highest BCUT2D eigenvalue weighted by Gasteiger charge is 2.34. The van der Waals surface area contributed by atoms with Crippen molar-refractivity contribution < 1.29 is 15.3 Å². The van der Waals surface area contributed by atoms with E-state index in [0.29, 0.717) is 0 Å². The molecule has 0 aromatic rings. The molecule has 0 aromatic carbocycles. The van der Waals surface area contributed by atoms with Gasteiger partial charge in [0.15, 0.2) is 0 Å². The Morgan fingerprint density at radius 2 is 1.46 bits per heavy atom. The monoisotopic (exact) mass is 188 g/mol. The summed E-state index contributed by atoms with van der Waals surface area (Å²) in [4.78, 5) is 0. The molecule has 0 aliphatic heterocycles. The van der Waals surface area contributed by atoms with Gasteiger partial charge in [0.2, 0.25) is 0 Å². The average molecular weight is 188 g/mol. The Morgan fingerprint density at radius 1 is 1.00 bits per heavy atom. The normalized spacial score (nSPS) is 24.0. The van der Waals surface area contributed by atoms with Crippen LogP contribution in [0.2, 0.25) is 0 Å². The molecule has 1 unspecified atom stereocenters. The summed E-state index contributed by atoms with van der Waals surface area (Å²) in [5, 5.41) is 27.1. The molecule has 0 amide bonds. The molecule has 3 N–H and O–H groups in total. The first kappa shape index (κ1) is 11.0. The van der Waals surface area contributed by atoms with E-state index in [0.717, 1.165) is 25.7 Å². The van der Waals surface area contributed by atoms with Crippen molar-refractivity contribution in [2.24, 2.45) is 11.8 Å². The molecule has 1 atom stereocenters. The van der Waals surface area contributed by atoms with E-state index in [1.165, 1.54) is 12.8 Å². The van der Waals surface area contributed by atoms with E-state index in [2.05, 4.69) is 0 Å². The second-order valence-electron chi connectivity index (χ2n) is 4.23. The summed E-state index contributed by atoms with van der Waals surface area (Å²) in [6.45, 7) is 1.70. The standard InChI is InChI=1S/C10H20O3/c1-8(10(11,12)13)9-6-4-2-3-5-7-9/h8-9,11-13H,2-7H2,1H3. The smallest absolute Gasteiger partial charge is 0.278 e. The summed E-state index contributed by atoms with van der Waals surface area (Å²) in [5.74, 6) is -2.68. The fourth-order valence-electron chi connectivity index (χ4n) is 2.13. The van der Waals surface area contributed by atoms with E-state index in [4.69, 9.17) is 15.3 Å². The lowest BCUT2D eigenvalue weighted by Crippen LogP contribution is -2.39. The minimum absolute atomic E-state index is 0.252. The van der Waals surface area contributed by atoms with E-state index < -0.39 is 11.9 Å². The summed E-state index contributed by atoms with van der Waals surface area (Å²) < 4.78 is 0. The van der Waals surface area contributed by atoms with Crippen LogP contribution in [0.5, 0.6) is 0 Å². The predicted molar refractivity (Wildman–Crippen MR) is 49.7 cm³/mol. The van der Waals surface area contributed by atoms with E-state index >= 15 is 0 Å². The molecule has 1 fully saturated rings. The van der Waals surface area contributed by atoms with E-state index in [1.54, 1.807) is 6.92 Å². The molecule has 0 aromatic heterocycles. The van der Waals surface area contributed by atoms with Gasteiger partial charge >= 0.3 is 0 Å². The van der Waals surface area contributed by atoms with Gasteiger partial charge in [-0.05, 0) is 18.8 Å². The third-order valence-corrected chi connectivity index (χ3v) is 3.22. The van der Waals surface area contributed by atoms with Crippen LogP contribution in [0.15, 0.2) is 0 Å². The van der Waals surface area contributed by atoms with Gasteiger partial charge < -0.3 is 15.3 Å². The van der Waals surface area contributed by atoms with Crippen LogP contribution in [0.1, 0.15) is 45.4 Å². The van der Waals surface area contributed by atoms with Crippen molar-refractivity contribution in [1.82, 2.24) is 0 Å². The highest BCUT2D eigenvalue weighted by Crippen LogP contribution is 2.32. The molecule has 1 rings (SSSR count). The zero-order valence-electron chi connectivity index (χ0n) is 8.24. The van der Waals surface area contributed by atoms with Crippen LogP contribution < -0.4 is 0 Å². The fourth-order valence-corrected chi connectivity index (χ4v) is 2.13. The van der Waals surface area contributed by atoms with Gasteiger partial charge in [-0.3, -0.25) is 0 Å². The number of hydrogen-bond donors (Lipinski definition) is 3. The first-order valence-electron chi connectivity index (χ1n) is 5.19. The zero-order chi connectivity index (χ0) is 9.90. The topological polar surface area (TPSA) is 60.7 Å². The largest absolute Gasteiger partial charge is 0.343 e. The lowest BCUT2D eigenvalue weighted by atomic mass is 9.86. The minimum atomic E-state index is -2.49. The maximum absolute atomic E-state index is 9.04. The SMILES string of the molecule is CC(C1CCCCCC1)C(O)(O)O. The Bertz CT molecular complexity index is 143. The Hall–Kier alpha value is -0.120. The summed E-state index contributed by atoms with van der Waals surface area (Å²) in [6.07, 6.45) is 6.77. The molecule has 1 aliphatic rings. The number of hydrogen-bond acceptors (Lipinski definition) is 3. The van der Waals surface area contributed by atoms with Crippen LogP contribution in [-0.2, 0) is 0 Å². The van der Waals surface area contributed by atoms with Crippen molar-refractivity contribution in [3.05, 3.63) is 0 Å². The molecular weight excluding hydrogens is 168 g/mol. The van der Waals surface area contributed by atoms with Gasteiger partial charge in [-0.25, -0.2) is 0 Å². The van der Waals surface area contributed by atoms with Gasteiger partial charge in [0, 0.05) is 5.92 Å². The van der Waals surface area contributed by atoms with Gasteiger partial charge in [0.25, 0.3) is 5.97 Å². The Morgan fingerprint density at radius 3 is 1.85 bits per heavy atom. The van der Waals surface area contributed by atoms with Gasteiger partial charge in [0.1, 0.15) is 0 Å². The van der Waals surface area contributed by atoms with E-state index in [9.17, 15) is 0 Å². The third-order valence-electron chi connectivity index (χ3n) is 3.22. The summed E-state index contributed by atoms with van der Waals surface area (Å²) in [7, 11) is 0. The highest BCUT2D eigenvalue weighted by atomic mass is 16.7. The molecule has 0 bridgehead atoms. The summed E-state index contributed by atoms with van der Waals surface area (Å²) in [6, 6.07) is 0. The van der Waals surface area contributed by atoms with Crippen LogP contribution in [0, 0.1) is 11.8 Å². The predicted octanol–water partition coefficient (Wildman–Crippen LogP) is 1.22. The average Bonchev–Trinajstić information content (AvgIpc) is 2.28. The Kier molecular flexibility index (Phi) is 3.71. The maximum atomic E-state index is 9.04. The van der Waals surface area contributed by atoms with Crippen LogP contribution in [-0.4, -0.2) is 21.3 Å². The third kappa shape index (κ3) is 3.25. The molecule has 0 heterocycles. The molecule has 3 nitrogen and oxygen atoms in total. The fraction of sp³-hybridized carbons (Fsp3) is 1.00. The van der Waals surface area contributed by atoms with Crippen LogP contribution in [0.4, 0.5) is 0 Å². The molecule has 1 saturated carbocycles. The lowest BCUT2D eigenvalue weighted by molar-refractivity contribution is -0.347. The molecule has 1 aliphatic carbocycles. The van der Waals surface area contributed by atoms with Crippen LogP contribution in [0.3, 0.4) is 0 Å². The summed E-state index contributed by atoms with van der Waals surface area (Å²) in [5.41, 5.74) is 0. The van der Waals surface area contributed by atoms with Crippen LogP contribution >= 0.6 is 0 Å². The molecule has 0 saturated heterocycles. The van der Waals surface area contributed by atoms with Gasteiger partial charge in [-0.15, -0.1) is 0 Å². The quantitative estimate of drug-likeness (QED) is 0.451. The van der Waals surface area contributed by atoms with Crippen LogP contribution in [0.25, 0.3) is 0 Å². The summed E-state index contributed by atoms with van der Waals surface area (Å²) >= 11 is 0. The highest BCUT2D eigenvalue weighted by molar-refractivity contribution is 4.73. The van der Waals surface area contributed by atoms with Crippen molar-refractivity contribution in [3.63, 3.8) is 0 Å².